The molecule has 1 aliphatic heterocycles. The van der Waals surface area contributed by atoms with Gasteiger partial charge in [-0.1, -0.05) is 6.92 Å². The van der Waals surface area contributed by atoms with Gasteiger partial charge in [0, 0.05) is 22.7 Å². The summed E-state index contributed by atoms with van der Waals surface area (Å²) in [7, 11) is 0. The third-order valence-electron chi connectivity index (χ3n) is 3.62. The zero-order chi connectivity index (χ0) is 13.0. The van der Waals surface area contributed by atoms with Crippen LogP contribution in [0, 0.1) is 5.92 Å². The number of carboxylic acids is 1. The van der Waals surface area contributed by atoms with Crippen LogP contribution in [0.3, 0.4) is 0 Å². The summed E-state index contributed by atoms with van der Waals surface area (Å²) in [6.07, 6.45) is 3.51. The van der Waals surface area contributed by atoms with Crippen LogP contribution in [0.4, 0.5) is 0 Å². The molecular weight excluding hydrogens is 246 g/mol. The Bertz CT molecular complexity index is 394. The van der Waals surface area contributed by atoms with E-state index in [1.807, 2.05) is 11.3 Å². The van der Waals surface area contributed by atoms with Gasteiger partial charge in [0.05, 0.1) is 0 Å². The number of piperidine rings is 1. The fraction of sp³-hybridized carbons (Fsp3) is 0.643. The number of rotatable bonds is 5. The first kappa shape index (κ1) is 13.6. The molecule has 0 aromatic carbocycles. The number of aryl methyl sites for hydroxylation is 1. The quantitative estimate of drug-likeness (QED) is 0.891. The fourth-order valence-corrected chi connectivity index (χ4v) is 3.51. The Labute approximate surface area is 112 Å². The Hall–Kier alpha value is -0.870. The average molecular weight is 267 g/mol. The van der Waals surface area contributed by atoms with Gasteiger partial charge in [-0.2, -0.15) is 0 Å². The maximum Gasteiger partial charge on any atom is 0.303 e. The van der Waals surface area contributed by atoms with Gasteiger partial charge in [-0.3, -0.25) is 9.69 Å². The Kier molecular flexibility index (Phi) is 4.78. The van der Waals surface area contributed by atoms with Crippen LogP contribution in [0.1, 0.15) is 35.9 Å². The molecule has 2 rings (SSSR count). The molecule has 0 radical (unpaired) electrons. The van der Waals surface area contributed by atoms with E-state index in [9.17, 15) is 4.79 Å². The molecule has 0 aliphatic carbocycles. The maximum absolute atomic E-state index is 10.7. The third-order valence-corrected chi connectivity index (χ3v) is 4.83. The molecule has 3 nitrogen and oxygen atoms in total. The molecule has 2 heterocycles. The van der Waals surface area contributed by atoms with Gasteiger partial charge in [-0.15, -0.1) is 11.3 Å². The van der Waals surface area contributed by atoms with Crippen molar-refractivity contribution in [3.63, 3.8) is 0 Å². The zero-order valence-corrected chi connectivity index (χ0v) is 11.7. The van der Waals surface area contributed by atoms with Gasteiger partial charge in [0.1, 0.15) is 0 Å². The highest BCUT2D eigenvalue weighted by molar-refractivity contribution is 7.11. The van der Waals surface area contributed by atoms with Crippen molar-refractivity contribution >= 4 is 17.3 Å². The maximum atomic E-state index is 10.7. The molecule has 1 saturated heterocycles. The van der Waals surface area contributed by atoms with Crippen molar-refractivity contribution in [1.29, 1.82) is 0 Å². The second-order valence-corrected chi connectivity index (χ2v) is 6.29. The highest BCUT2D eigenvalue weighted by Gasteiger charge is 2.21. The first-order valence-electron chi connectivity index (χ1n) is 6.69. The van der Waals surface area contributed by atoms with Gasteiger partial charge in [-0.05, 0) is 50.4 Å². The molecule has 100 valence electrons. The number of thiophene rings is 1. The van der Waals surface area contributed by atoms with Crippen molar-refractivity contribution in [2.45, 2.75) is 39.2 Å². The standard InChI is InChI=1S/C14H21NO2S/c1-2-12-3-4-13(18-12)10-15-7-5-11(6-8-15)9-14(16)17/h3-4,11H,2,5-10H2,1H3,(H,16,17). The van der Waals surface area contributed by atoms with Gasteiger partial charge in [0.15, 0.2) is 0 Å². The van der Waals surface area contributed by atoms with E-state index in [1.165, 1.54) is 9.75 Å². The Morgan fingerprint density at radius 1 is 1.39 bits per heavy atom. The van der Waals surface area contributed by atoms with E-state index >= 15 is 0 Å². The summed E-state index contributed by atoms with van der Waals surface area (Å²) >= 11 is 1.90. The van der Waals surface area contributed by atoms with Crippen LogP contribution in [-0.4, -0.2) is 29.1 Å². The van der Waals surface area contributed by atoms with Crippen molar-refractivity contribution in [1.82, 2.24) is 4.90 Å². The summed E-state index contributed by atoms with van der Waals surface area (Å²) in [4.78, 5) is 16.0. The van der Waals surface area contributed by atoms with Crippen molar-refractivity contribution in [3.8, 4) is 0 Å². The number of hydrogen-bond donors (Lipinski definition) is 1. The highest BCUT2D eigenvalue weighted by Crippen LogP contribution is 2.24. The lowest BCUT2D eigenvalue weighted by molar-refractivity contribution is -0.138. The van der Waals surface area contributed by atoms with Crippen LogP contribution in [0.15, 0.2) is 12.1 Å². The number of carbonyl (C=O) groups is 1. The molecule has 0 amide bonds. The number of likely N-dealkylation sites (tertiary alicyclic amines) is 1. The minimum absolute atomic E-state index is 0.340. The van der Waals surface area contributed by atoms with Crippen molar-refractivity contribution < 1.29 is 9.90 Å². The summed E-state index contributed by atoms with van der Waals surface area (Å²) < 4.78 is 0. The number of nitrogens with zero attached hydrogens (tertiary/aromatic N) is 1. The third kappa shape index (κ3) is 3.82. The molecule has 0 unspecified atom stereocenters. The topological polar surface area (TPSA) is 40.5 Å². The Morgan fingerprint density at radius 3 is 2.61 bits per heavy atom. The summed E-state index contributed by atoms with van der Waals surface area (Å²) in [5, 5.41) is 8.78. The molecule has 0 spiro atoms. The molecule has 18 heavy (non-hydrogen) atoms. The lowest BCUT2D eigenvalue weighted by Crippen LogP contribution is -2.33. The predicted octanol–water partition coefficient (Wildman–Crippen LogP) is 3.00. The van der Waals surface area contributed by atoms with Gasteiger partial charge in [0.2, 0.25) is 0 Å². The molecule has 1 aromatic rings. The molecule has 4 heteroatoms. The Balaban J connectivity index is 1.78. The van der Waals surface area contributed by atoms with Crippen LogP contribution in [0.2, 0.25) is 0 Å². The van der Waals surface area contributed by atoms with Gasteiger partial charge in [0.25, 0.3) is 0 Å². The molecule has 1 aromatic heterocycles. The number of aliphatic carboxylic acids is 1. The smallest absolute Gasteiger partial charge is 0.303 e. The van der Waals surface area contributed by atoms with Gasteiger partial charge in [-0.25, -0.2) is 0 Å². The van der Waals surface area contributed by atoms with Crippen molar-refractivity contribution in [2.24, 2.45) is 5.92 Å². The first-order valence-corrected chi connectivity index (χ1v) is 7.50. The largest absolute Gasteiger partial charge is 0.481 e. The first-order chi connectivity index (χ1) is 8.67. The van der Waals surface area contributed by atoms with Crippen molar-refractivity contribution in [2.75, 3.05) is 13.1 Å². The van der Waals surface area contributed by atoms with E-state index < -0.39 is 5.97 Å². The second kappa shape index (κ2) is 6.34. The zero-order valence-electron chi connectivity index (χ0n) is 10.9. The molecule has 0 atom stereocenters. The van der Waals surface area contributed by atoms with E-state index in [0.29, 0.717) is 12.3 Å². The minimum Gasteiger partial charge on any atom is -0.481 e. The predicted molar refractivity (Wildman–Crippen MR) is 74.0 cm³/mol. The van der Waals surface area contributed by atoms with E-state index in [2.05, 4.69) is 24.0 Å². The fourth-order valence-electron chi connectivity index (χ4n) is 2.51. The highest BCUT2D eigenvalue weighted by atomic mass is 32.1. The van der Waals surface area contributed by atoms with E-state index in [4.69, 9.17) is 5.11 Å². The number of hydrogen-bond acceptors (Lipinski definition) is 3. The summed E-state index contributed by atoms with van der Waals surface area (Å²) in [5.74, 6) is -0.271. The molecule has 1 fully saturated rings. The minimum atomic E-state index is -0.653. The van der Waals surface area contributed by atoms with E-state index in [1.54, 1.807) is 0 Å². The lowest BCUT2D eigenvalue weighted by atomic mass is 9.94. The molecule has 0 bridgehead atoms. The van der Waals surface area contributed by atoms with Crippen molar-refractivity contribution in [3.05, 3.63) is 21.9 Å². The van der Waals surface area contributed by atoms with Crippen LogP contribution in [0.5, 0.6) is 0 Å². The van der Waals surface area contributed by atoms with E-state index in [0.717, 1.165) is 38.9 Å². The van der Waals surface area contributed by atoms with Crippen LogP contribution >= 0.6 is 11.3 Å². The van der Waals surface area contributed by atoms with Gasteiger partial charge < -0.3 is 5.11 Å². The summed E-state index contributed by atoms with van der Waals surface area (Å²) in [6.45, 7) is 5.30. The monoisotopic (exact) mass is 267 g/mol. The normalized spacial score (nSPS) is 18.1. The lowest BCUT2D eigenvalue weighted by Gasteiger charge is -2.30. The summed E-state index contributed by atoms with van der Waals surface area (Å²) in [5.41, 5.74) is 0. The van der Waals surface area contributed by atoms with Gasteiger partial charge >= 0.3 is 5.97 Å². The second-order valence-electron chi connectivity index (χ2n) is 5.04. The Morgan fingerprint density at radius 2 is 2.06 bits per heavy atom. The number of carboxylic acid groups (broad SMARTS) is 1. The molecule has 1 N–H and O–H groups in total. The van der Waals surface area contributed by atoms with Crippen LogP contribution in [0.25, 0.3) is 0 Å². The summed E-state index contributed by atoms with van der Waals surface area (Å²) in [6, 6.07) is 4.45. The SMILES string of the molecule is CCc1ccc(CN2CCC(CC(=O)O)CC2)s1. The molecular formula is C14H21NO2S. The average Bonchev–Trinajstić information content (AvgIpc) is 2.79. The van der Waals surface area contributed by atoms with Crippen LogP contribution < -0.4 is 0 Å². The van der Waals surface area contributed by atoms with Crippen LogP contribution in [-0.2, 0) is 17.8 Å². The van der Waals surface area contributed by atoms with E-state index in [-0.39, 0.29) is 0 Å². The molecule has 0 saturated carbocycles. The molecule has 1 aliphatic rings.